The van der Waals surface area contributed by atoms with Crippen LogP contribution in [0.4, 0.5) is 4.39 Å². The molecule has 5 rings (SSSR count). The molecule has 0 spiro atoms. The number of thioether (sulfide) groups is 1. The Bertz CT molecular complexity index is 1600. The van der Waals surface area contributed by atoms with Crippen LogP contribution in [0.2, 0.25) is 5.02 Å². The van der Waals surface area contributed by atoms with E-state index in [0.717, 1.165) is 34.4 Å². The minimum atomic E-state index is -0.481. The zero-order chi connectivity index (χ0) is 32.5. The van der Waals surface area contributed by atoms with Crippen molar-refractivity contribution in [1.82, 2.24) is 30.2 Å². The van der Waals surface area contributed by atoms with Crippen LogP contribution in [-0.4, -0.2) is 68.4 Å². The van der Waals surface area contributed by atoms with Gasteiger partial charge < -0.3 is 20.0 Å². The van der Waals surface area contributed by atoms with Crippen LogP contribution >= 0.6 is 35.8 Å². The first-order valence-corrected chi connectivity index (χ1v) is 16.7. The topological polar surface area (TPSA) is 84.6 Å². The van der Waals surface area contributed by atoms with Crippen LogP contribution in [0.1, 0.15) is 36.6 Å². The van der Waals surface area contributed by atoms with E-state index in [1.807, 2.05) is 60.0 Å². The van der Waals surface area contributed by atoms with Crippen molar-refractivity contribution in [3.63, 3.8) is 0 Å². The zero-order valence-corrected chi connectivity index (χ0v) is 28.7. The number of carbonyl (C=O) groups is 2. The molecule has 1 aromatic heterocycles. The molecule has 4 aromatic rings. The molecule has 0 radical (unpaired) electrons. The Morgan fingerprint density at radius 1 is 1.06 bits per heavy atom. The third-order valence-corrected chi connectivity index (χ3v) is 9.45. The van der Waals surface area contributed by atoms with Gasteiger partial charge in [0.05, 0.1) is 18.8 Å². The van der Waals surface area contributed by atoms with Gasteiger partial charge in [-0.15, -0.1) is 24.2 Å². The van der Waals surface area contributed by atoms with E-state index >= 15 is 0 Å². The van der Waals surface area contributed by atoms with Gasteiger partial charge >= 0.3 is 0 Å². The molecule has 2 heterocycles. The van der Waals surface area contributed by atoms with Gasteiger partial charge in [-0.2, -0.15) is 5.10 Å². The van der Waals surface area contributed by atoms with Crippen molar-refractivity contribution in [2.75, 3.05) is 26.2 Å². The van der Waals surface area contributed by atoms with E-state index in [0.29, 0.717) is 30.4 Å². The third kappa shape index (κ3) is 9.60. The number of likely N-dealkylation sites (N-methyl/N-ethyl adjacent to an activating group) is 1. The fourth-order valence-corrected chi connectivity index (χ4v) is 6.73. The van der Waals surface area contributed by atoms with Gasteiger partial charge in [-0.1, -0.05) is 67.1 Å². The van der Waals surface area contributed by atoms with Crippen LogP contribution in [-0.2, 0) is 21.9 Å². The summed E-state index contributed by atoms with van der Waals surface area (Å²) in [7, 11) is 0. The predicted molar refractivity (Wildman–Crippen MR) is 189 cm³/mol. The Labute approximate surface area is 290 Å². The van der Waals surface area contributed by atoms with Crippen LogP contribution < -0.4 is 5.32 Å². The van der Waals surface area contributed by atoms with Crippen molar-refractivity contribution in [3.8, 4) is 11.1 Å². The molecular weight excluding hydrogens is 658 g/mol. The normalized spacial score (nSPS) is 15.0. The Morgan fingerprint density at radius 2 is 1.72 bits per heavy atom. The minimum absolute atomic E-state index is 0. The number of nitrogens with zero attached hydrogens (tertiary/aromatic N) is 4. The lowest BCUT2D eigenvalue weighted by Crippen LogP contribution is -2.53. The van der Waals surface area contributed by atoms with E-state index < -0.39 is 5.50 Å². The number of aromatic nitrogens is 2. The highest BCUT2D eigenvalue weighted by Crippen LogP contribution is 2.34. The van der Waals surface area contributed by atoms with Gasteiger partial charge in [0, 0.05) is 54.4 Å². The van der Waals surface area contributed by atoms with Gasteiger partial charge in [-0.25, -0.2) is 4.39 Å². The molecule has 3 aromatic carbocycles. The molecule has 0 bridgehead atoms. The molecule has 0 fully saturated rings. The summed E-state index contributed by atoms with van der Waals surface area (Å²) in [4.78, 5) is 32.9. The molecule has 2 amide bonds. The summed E-state index contributed by atoms with van der Waals surface area (Å²) in [6.45, 7) is 6.51. The van der Waals surface area contributed by atoms with E-state index in [4.69, 9.17) is 11.6 Å². The van der Waals surface area contributed by atoms with Gasteiger partial charge in [-0.05, 0) is 60.0 Å². The van der Waals surface area contributed by atoms with Crippen LogP contribution in [0.25, 0.3) is 11.1 Å². The summed E-state index contributed by atoms with van der Waals surface area (Å²) in [5, 5.41) is 10.9. The fraction of sp³-hybridized carbons (Fsp3) is 0.286. The molecule has 1 aliphatic rings. The molecule has 2 N–H and O–H groups in total. The minimum Gasteiger partial charge on any atom is -0.339 e. The van der Waals surface area contributed by atoms with Crippen LogP contribution in [0.15, 0.2) is 97.5 Å². The summed E-state index contributed by atoms with van der Waals surface area (Å²) in [6.07, 6.45) is 6.70. The van der Waals surface area contributed by atoms with Gasteiger partial charge in [-0.3, -0.25) is 14.7 Å². The third-order valence-electron chi connectivity index (χ3n) is 7.90. The number of carbonyl (C=O) groups excluding carboxylic acids is 2. The molecule has 0 saturated heterocycles. The van der Waals surface area contributed by atoms with Crippen LogP contribution in [0.5, 0.6) is 0 Å². The second kappa shape index (κ2) is 17.4. The van der Waals surface area contributed by atoms with Crippen LogP contribution in [0.3, 0.4) is 0 Å². The molecule has 0 saturated carbocycles. The summed E-state index contributed by atoms with van der Waals surface area (Å²) in [6, 6.07) is 22.0. The van der Waals surface area contributed by atoms with Crippen molar-refractivity contribution < 1.29 is 14.0 Å². The highest BCUT2D eigenvalue weighted by Gasteiger charge is 2.36. The van der Waals surface area contributed by atoms with Gasteiger partial charge in [0.2, 0.25) is 5.91 Å². The summed E-state index contributed by atoms with van der Waals surface area (Å²) in [5.41, 5.74) is 4.46. The Morgan fingerprint density at radius 3 is 2.36 bits per heavy atom. The number of amides is 2. The van der Waals surface area contributed by atoms with E-state index in [-0.39, 0.29) is 42.6 Å². The molecule has 248 valence electrons. The number of H-pyrrole nitrogens is 1. The quantitative estimate of drug-likeness (QED) is 0.140. The number of halogens is 3. The summed E-state index contributed by atoms with van der Waals surface area (Å²) in [5.74, 6) is 0.0140. The Balaban J connectivity index is 0.00000500. The first kappa shape index (κ1) is 36.0. The molecule has 8 nitrogen and oxygen atoms in total. The molecule has 0 aliphatic carbocycles. The number of hydrogen-bond acceptors (Lipinski definition) is 6. The van der Waals surface area contributed by atoms with Gasteiger partial charge in [0.25, 0.3) is 5.91 Å². The van der Waals surface area contributed by atoms with Gasteiger partial charge in [0.15, 0.2) is 5.50 Å². The fourth-order valence-electron chi connectivity index (χ4n) is 5.28. The largest absolute Gasteiger partial charge is 0.339 e. The maximum atomic E-state index is 14.0. The highest BCUT2D eigenvalue weighted by atomic mass is 35.5. The standard InChI is InChI=1S/C35H38ClFN6O2S.ClH/c1-3-38-17-19-41(22-26-4-8-28(9-5-26)29-10-12-31(36)13-11-29)34(45)23-42-18-16-33(44)43(25(2)30-20-39-40-21-30)35(42)46-24-27-6-14-32(37)15-7-27;/h4-16,18,20-21,25,35,38H,3,17,19,22-24H2,1-2H3,(H,39,40);1H. The molecule has 1 aliphatic heterocycles. The van der Waals surface area contributed by atoms with E-state index in [2.05, 4.69) is 27.6 Å². The SMILES string of the molecule is CCNCCN(Cc1ccc(-c2ccc(Cl)cc2)cc1)C(=O)CN1C=CC(=O)N(C(C)c2cn[nH]c2)C1SCc1ccc(F)cc1.Cl. The van der Waals surface area contributed by atoms with Crippen molar-refractivity contribution in [1.29, 1.82) is 0 Å². The first-order valence-electron chi connectivity index (χ1n) is 15.3. The van der Waals surface area contributed by atoms with Crippen molar-refractivity contribution >= 4 is 47.6 Å². The number of nitrogens with one attached hydrogen (secondary N) is 2. The molecular formula is C35H39Cl2FN6O2S. The van der Waals surface area contributed by atoms with E-state index in [1.165, 1.54) is 30.0 Å². The summed E-state index contributed by atoms with van der Waals surface area (Å²) < 4.78 is 13.6. The van der Waals surface area contributed by atoms with Gasteiger partial charge in [0.1, 0.15) is 5.82 Å². The van der Waals surface area contributed by atoms with Crippen molar-refractivity contribution in [2.24, 2.45) is 0 Å². The zero-order valence-electron chi connectivity index (χ0n) is 26.3. The summed E-state index contributed by atoms with van der Waals surface area (Å²) >= 11 is 7.58. The lowest BCUT2D eigenvalue weighted by atomic mass is 10.0. The molecule has 2 atom stereocenters. The Kier molecular flexibility index (Phi) is 13.3. The molecule has 2 unspecified atom stereocenters. The van der Waals surface area contributed by atoms with Crippen molar-refractivity contribution in [3.05, 3.63) is 125 Å². The lowest BCUT2D eigenvalue weighted by Gasteiger charge is -2.44. The number of hydrogen-bond donors (Lipinski definition) is 2. The second-order valence-corrected chi connectivity index (χ2v) is 12.6. The monoisotopic (exact) mass is 696 g/mol. The molecule has 12 heteroatoms. The van der Waals surface area contributed by atoms with Crippen molar-refractivity contribution in [2.45, 2.75) is 37.7 Å². The number of aromatic amines is 1. The first-order chi connectivity index (χ1) is 22.3. The number of rotatable bonds is 14. The average Bonchev–Trinajstić information content (AvgIpc) is 3.61. The smallest absolute Gasteiger partial charge is 0.250 e. The van der Waals surface area contributed by atoms with E-state index in [9.17, 15) is 14.0 Å². The molecule has 47 heavy (non-hydrogen) atoms. The Hall–Kier alpha value is -3.83. The average molecular weight is 698 g/mol. The highest BCUT2D eigenvalue weighted by molar-refractivity contribution is 7.99. The maximum Gasteiger partial charge on any atom is 0.250 e. The second-order valence-electron chi connectivity index (χ2n) is 11.1. The predicted octanol–water partition coefficient (Wildman–Crippen LogP) is 6.87. The lowest BCUT2D eigenvalue weighted by molar-refractivity contribution is -0.138. The number of benzene rings is 3. The van der Waals surface area contributed by atoms with E-state index in [1.54, 1.807) is 35.6 Å². The van der Waals surface area contributed by atoms with Crippen LogP contribution in [0, 0.1) is 5.82 Å². The maximum absolute atomic E-state index is 14.0.